The lowest BCUT2D eigenvalue weighted by Crippen LogP contribution is -2.56. The molecule has 0 aromatic carbocycles. The van der Waals surface area contributed by atoms with E-state index in [4.69, 9.17) is 0 Å². The van der Waals surface area contributed by atoms with Crippen LogP contribution < -0.4 is 0 Å². The van der Waals surface area contributed by atoms with Crippen molar-refractivity contribution in [3.63, 3.8) is 0 Å². The van der Waals surface area contributed by atoms with Gasteiger partial charge in [-0.05, 0) is 34.4 Å². The zero-order valence-corrected chi connectivity index (χ0v) is 14.5. The van der Waals surface area contributed by atoms with Gasteiger partial charge >= 0.3 is 0 Å². The molecule has 1 atom stereocenters. The molecule has 0 bridgehead atoms. The summed E-state index contributed by atoms with van der Waals surface area (Å²) in [5, 5.41) is 0. The molecule has 0 spiro atoms. The number of carbonyl (C=O) groups excluding carboxylic acids is 1. The van der Waals surface area contributed by atoms with E-state index in [1.807, 2.05) is 20.2 Å². The highest BCUT2D eigenvalue weighted by Gasteiger charge is 2.29. The number of nitrogens with zero attached hydrogens (tertiary/aromatic N) is 3. The first-order chi connectivity index (χ1) is 9.95. The summed E-state index contributed by atoms with van der Waals surface area (Å²) in [7, 11) is 4.03. The minimum atomic E-state index is 0.182. The van der Waals surface area contributed by atoms with Crippen molar-refractivity contribution in [2.24, 2.45) is 0 Å². The first-order valence-corrected chi connectivity index (χ1v) is 8.31. The molecule has 122 valence electrons. The average molecular weight is 295 g/mol. The fourth-order valence-electron chi connectivity index (χ4n) is 2.79. The molecular formula is C17H33N3O. The molecule has 4 nitrogen and oxygen atoms in total. The van der Waals surface area contributed by atoms with Gasteiger partial charge in [0.05, 0.1) is 0 Å². The van der Waals surface area contributed by atoms with Gasteiger partial charge in [0.15, 0.2) is 0 Å². The van der Waals surface area contributed by atoms with E-state index in [-0.39, 0.29) is 5.91 Å². The Labute approximate surface area is 130 Å². The second-order valence-corrected chi connectivity index (χ2v) is 6.58. The van der Waals surface area contributed by atoms with Crippen molar-refractivity contribution in [1.82, 2.24) is 14.7 Å². The summed E-state index contributed by atoms with van der Waals surface area (Å²) in [6, 6.07) is 0.938. The molecule has 21 heavy (non-hydrogen) atoms. The van der Waals surface area contributed by atoms with Crippen LogP contribution in [0, 0.1) is 0 Å². The van der Waals surface area contributed by atoms with E-state index < -0.39 is 0 Å². The van der Waals surface area contributed by atoms with Gasteiger partial charge in [-0.2, -0.15) is 0 Å². The van der Waals surface area contributed by atoms with Crippen molar-refractivity contribution in [2.45, 2.75) is 52.1 Å². The van der Waals surface area contributed by atoms with Crippen LogP contribution in [0.25, 0.3) is 0 Å². The maximum atomic E-state index is 12.4. The fourth-order valence-corrected chi connectivity index (χ4v) is 2.79. The molecule has 0 N–H and O–H groups in total. The lowest BCUT2D eigenvalue weighted by atomic mass is 10.0. The zero-order valence-electron chi connectivity index (χ0n) is 14.5. The van der Waals surface area contributed by atoms with Crippen LogP contribution in [0.3, 0.4) is 0 Å². The average Bonchev–Trinajstić information content (AvgIpc) is 2.44. The highest BCUT2D eigenvalue weighted by molar-refractivity contribution is 5.88. The molecule has 1 heterocycles. The third-order valence-electron chi connectivity index (χ3n) is 4.15. The molecule has 4 heteroatoms. The van der Waals surface area contributed by atoms with Crippen molar-refractivity contribution in [3.05, 3.63) is 12.2 Å². The number of piperazine rings is 1. The van der Waals surface area contributed by atoms with E-state index in [0.717, 1.165) is 32.6 Å². The third kappa shape index (κ3) is 6.18. The summed E-state index contributed by atoms with van der Waals surface area (Å²) in [6.07, 6.45) is 7.23. The van der Waals surface area contributed by atoms with Gasteiger partial charge in [0, 0.05) is 44.3 Å². The van der Waals surface area contributed by atoms with Gasteiger partial charge in [0.2, 0.25) is 5.91 Å². The van der Waals surface area contributed by atoms with Gasteiger partial charge in [-0.3, -0.25) is 9.69 Å². The highest BCUT2D eigenvalue weighted by Crippen LogP contribution is 2.18. The van der Waals surface area contributed by atoms with Crippen molar-refractivity contribution in [1.29, 1.82) is 0 Å². The molecule has 0 aliphatic carbocycles. The number of amides is 1. The Balaban J connectivity index is 2.64. The first-order valence-electron chi connectivity index (χ1n) is 8.31. The number of likely N-dealkylation sites (N-methyl/N-ethyl adjacent to an activating group) is 1. The molecule has 1 aliphatic rings. The number of rotatable bonds is 7. The van der Waals surface area contributed by atoms with E-state index in [2.05, 4.69) is 35.5 Å². The molecule has 0 aromatic heterocycles. The van der Waals surface area contributed by atoms with Crippen LogP contribution in [-0.4, -0.2) is 73.0 Å². The van der Waals surface area contributed by atoms with Crippen LogP contribution in [0.2, 0.25) is 0 Å². The predicted molar refractivity (Wildman–Crippen MR) is 89.4 cm³/mol. The summed E-state index contributed by atoms with van der Waals surface area (Å²) in [5.41, 5.74) is 0. The van der Waals surface area contributed by atoms with Gasteiger partial charge in [-0.15, -0.1) is 0 Å². The lowest BCUT2D eigenvalue weighted by molar-refractivity contribution is -0.131. The van der Waals surface area contributed by atoms with Crippen LogP contribution in [0.5, 0.6) is 0 Å². The molecule has 0 radical (unpaired) electrons. The number of unbranched alkanes of at least 4 members (excludes halogenated alkanes) is 1. The van der Waals surface area contributed by atoms with Crippen LogP contribution in [-0.2, 0) is 4.79 Å². The Morgan fingerprint density at radius 2 is 2.05 bits per heavy atom. The van der Waals surface area contributed by atoms with E-state index in [0.29, 0.717) is 12.1 Å². The Bertz CT molecular complexity index is 339. The van der Waals surface area contributed by atoms with E-state index in [1.54, 1.807) is 6.08 Å². The van der Waals surface area contributed by atoms with Gasteiger partial charge in [0.1, 0.15) is 0 Å². The first kappa shape index (κ1) is 18.2. The molecule has 1 rings (SSSR count). The Kier molecular flexibility index (Phi) is 7.97. The summed E-state index contributed by atoms with van der Waals surface area (Å²) in [4.78, 5) is 19.1. The van der Waals surface area contributed by atoms with Crippen molar-refractivity contribution in [2.75, 3.05) is 40.3 Å². The van der Waals surface area contributed by atoms with Crippen molar-refractivity contribution >= 4 is 5.91 Å². The molecule has 0 saturated carbocycles. The SMILES string of the molecule is CCCCC1CN(C(C)C)CCN1C(=O)/C=C/CN(C)C. The molecule has 1 saturated heterocycles. The molecule has 1 unspecified atom stereocenters. The normalized spacial score (nSPS) is 20.9. The van der Waals surface area contributed by atoms with Gasteiger partial charge < -0.3 is 9.80 Å². The van der Waals surface area contributed by atoms with Crippen LogP contribution >= 0.6 is 0 Å². The Hall–Kier alpha value is -0.870. The number of hydrogen-bond acceptors (Lipinski definition) is 3. The second-order valence-electron chi connectivity index (χ2n) is 6.58. The van der Waals surface area contributed by atoms with Crippen LogP contribution in [0.1, 0.15) is 40.0 Å². The van der Waals surface area contributed by atoms with Gasteiger partial charge in [-0.25, -0.2) is 0 Å². The Morgan fingerprint density at radius 1 is 1.33 bits per heavy atom. The molecule has 1 fully saturated rings. The summed E-state index contributed by atoms with van der Waals surface area (Å²) in [6.45, 7) is 10.4. The van der Waals surface area contributed by atoms with E-state index in [9.17, 15) is 4.79 Å². The molecule has 1 amide bonds. The van der Waals surface area contributed by atoms with Crippen LogP contribution in [0.15, 0.2) is 12.2 Å². The number of hydrogen-bond donors (Lipinski definition) is 0. The van der Waals surface area contributed by atoms with Gasteiger partial charge in [0.25, 0.3) is 0 Å². The third-order valence-corrected chi connectivity index (χ3v) is 4.15. The summed E-state index contributed by atoms with van der Waals surface area (Å²) in [5.74, 6) is 0.182. The standard InChI is InChI=1S/C17H33N3O/c1-6-7-9-16-14-19(15(2)3)12-13-20(16)17(21)10-8-11-18(4)5/h8,10,15-16H,6-7,9,11-14H2,1-5H3/b10-8+. The smallest absolute Gasteiger partial charge is 0.246 e. The minimum absolute atomic E-state index is 0.182. The minimum Gasteiger partial charge on any atom is -0.334 e. The topological polar surface area (TPSA) is 26.8 Å². The summed E-state index contributed by atoms with van der Waals surface area (Å²) < 4.78 is 0. The van der Waals surface area contributed by atoms with Gasteiger partial charge in [-0.1, -0.05) is 25.8 Å². The summed E-state index contributed by atoms with van der Waals surface area (Å²) >= 11 is 0. The molecule has 0 aromatic rings. The predicted octanol–water partition coefficient (Wildman–Crippen LogP) is 2.22. The lowest BCUT2D eigenvalue weighted by Gasteiger charge is -2.43. The highest BCUT2D eigenvalue weighted by atomic mass is 16.2. The Morgan fingerprint density at radius 3 is 2.62 bits per heavy atom. The molecule has 1 aliphatic heterocycles. The fraction of sp³-hybridized carbons (Fsp3) is 0.824. The largest absolute Gasteiger partial charge is 0.334 e. The van der Waals surface area contributed by atoms with Crippen molar-refractivity contribution in [3.8, 4) is 0 Å². The second kappa shape index (κ2) is 9.21. The maximum absolute atomic E-state index is 12.4. The maximum Gasteiger partial charge on any atom is 0.246 e. The van der Waals surface area contributed by atoms with Crippen LogP contribution in [0.4, 0.5) is 0 Å². The quantitative estimate of drug-likeness (QED) is 0.674. The monoisotopic (exact) mass is 295 g/mol. The molecular weight excluding hydrogens is 262 g/mol. The van der Waals surface area contributed by atoms with Crippen molar-refractivity contribution < 1.29 is 4.79 Å². The van der Waals surface area contributed by atoms with E-state index >= 15 is 0 Å². The van der Waals surface area contributed by atoms with E-state index in [1.165, 1.54) is 12.8 Å². The zero-order chi connectivity index (χ0) is 15.8. The number of carbonyl (C=O) groups is 1.